The van der Waals surface area contributed by atoms with Crippen LogP contribution < -0.4 is 5.73 Å². The fraction of sp³-hybridized carbons (Fsp3) is 0.400. The Morgan fingerprint density at radius 2 is 1.50 bits per heavy atom. The van der Waals surface area contributed by atoms with Gasteiger partial charge in [-0.3, -0.25) is 0 Å². The second-order valence-corrected chi connectivity index (χ2v) is 3.82. The Morgan fingerprint density at radius 3 is 1.83 bits per heavy atom. The zero-order valence-electron chi connectivity index (χ0n) is 7.49. The van der Waals surface area contributed by atoms with Gasteiger partial charge >= 0.3 is 0 Å². The summed E-state index contributed by atoms with van der Waals surface area (Å²) in [7, 11) is 0. The van der Waals surface area contributed by atoms with Gasteiger partial charge in [0.2, 0.25) is 0 Å². The highest BCUT2D eigenvalue weighted by Crippen LogP contribution is 2.18. The van der Waals surface area contributed by atoms with E-state index in [-0.39, 0.29) is 5.37 Å². The van der Waals surface area contributed by atoms with Crippen molar-refractivity contribution in [3.05, 3.63) is 35.4 Å². The molecule has 0 spiro atoms. The molecular weight excluding hydrogens is 166 g/mol. The first-order chi connectivity index (χ1) is 5.61. The van der Waals surface area contributed by atoms with E-state index in [0.29, 0.717) is 5.92 Å². The SMILES string of the molecule is CC(C)c1ccc(C(N)S)cc1. The van der Waals surface area contributed by atoms with Crippen LogP contribution in [0.4, 0.5) is 0 Å². The lowest BCUT2D eigenvalue weighted by Gasteiger charge is -2.08. The van der Waals surface area contributed by atoms with Gasteiger partial charge in [-0.15, -0.1) is 0 Å². The van der Waals surface area contributed by atoms with E-state index in [1.165, 1.54) is 5.56 Å². The number of hydrogen-bond donors (Lipinski definition) is 2. The molecule has 2 heteroatoms. The van der Waals surface area contributed by atoms with Crippen LogP contribution in [0, 0.1) is 0 Å². The van der Waals surface area contributed by atoms with E-state index in [9.17, 15) is 0 Å². The molecule has 66 valence electrons. The Balaban J connectivity index is 2.86. The summed E-state index contributed by atoms with van der Waals surface area (Å²) in [5, 5.41) is -0.161. The molecule has 2 N–H and O–H groups in total. The molecule has 0 aliphatic carbocycles. The Bertz CT molecular complexity index is 212. The van der Waals surface area contributed by atoms with Crippen LogP contribution in [-0.2, 0) is 0 Å². The summed E-state index contributed by atoms with van der Waals surface area (Å²) in [4.78, 5) is 0. The van der Waals surface area contributed by atoms with Crippen LogP contribution >= 0.6 is 12.6 Å². The number of thiol groups is 1. The van der Waals surface area contributed by atoms with E-state index in [4.69, 9.17) is 5.73 Å². The van der Waals surface area contributed by atoms with E-state index in [1.54, 1.807) is 0 Å². The Hall–Kier alpha value is -0.470. The number of hydrogen-bond acceptors (Lipinski definition) is 2. The van der Waals surface area contributed by atoms with Crippen molar-refractivity contribution in [3.63, 3.8) is 0 Å². The van der Waals surface area contributed by atoms with Crippen molar-refractivity contribution in [1.82, 2.24) is 0 Å². The summed E-state index contributed by atoms with van der Waals surface area (Å²) in [6.07, 6.45) is 0. The van der Waals surface area contributed by atoms with Crippen molar-refractivity contribution < 1.29 is 0 Å². The van der Waals surface area contributed by atoms with Crippen molar-refractivity contribution in [1.29, 1.82) is 0 Å². The minimum atomic E-state index is -0.161. The van der Waals surface area contributed by atoms with E-state index in [2.05, 4.69) is 38.6 Å². The van der Waals surface area contributed by atoms with Crippen molar-refractivity contribution in [2.75, 3.05) is 0 Å². The van der Waals surface area contributed by atoms with Crippen LogP contribution in [-0.4, -0.2) is 0 Å². The Labute approximate surface area is 79.4 Å². The predicted octanol–water partition coefficient (Wildman–Crippen LogP) is 2.70. The molecule has 0 aliphatic rings. The topological polar surface area (TPSA) is 26.0 Å². The summed E-state index contributed by atoms with van der Waals surface area (Å²) in [6.45, 7) is 4.35. The van der Waals surface area contributed by atoms with Crippen LogP contribution in [0.5, 0.6) is 0 Å². The lowest BCUT2D eigenvalue weighted by Crippen LogP contribution is -2.02. The maximum atomic E-state index is 5.60. The first-order valence-electron chi connectivity index (χ1n) is 4.14. The second kappa shape index (κ2) is 3.97. The zero-order chi connectivity index (χ0) is 9.14. The molecule has 1 aromatic carbocycles. The van der Waals surface area contributed by atoms with Crippen molar-refractivity contribution >= 4 is 12.6 Å². The molecule has 1 nitrogen and oxygen atoms in total. The van der Waals surface area contributed by atoms with Crippen LogP contribution in [0.1, 0.15) is 36.3 Å². The van der Waals surface area contributed by atoms with Crippen LogP contribution in [0.2, 0.25) is 0 Å². The molecule has 0 aromatic heterocycles. The van der Waals surface area contributed by atoms with Gasteiger partial charge in [-0.2, -0.15) is 12.6 Å². The third kappa shape index (κ3) is 2.26. The van der Waals surface area contributed by atoms with Gasteiger partial charge in [-0.1, -0.05) is 38.1 Å². The average Bonchev–Trinajstić information content (AvgIpc) is 2.04. The van der Waals surface area contributed by atoms with Gasteiger partial charge in [0.15, 0.2) is 0 Å². The van der Waals surface area contributed by atoms with Gasteiger partial charge in [0, 0.05) is 0 Å². The third-order valence-corrected chi connectivity index (χ3v) is 2.24. The van der Waals surface area contributed by atoms with Crippen LogP contribution in [0.15, 0.2) is 24.3 Å². The van der Waals surface area contributed by atoms with Crippen LogP contribution in [0.3, 0.4) is 0 Å². The number of benzene rings is 1. The predicted molar refractivity (Wildman–Crippen MR) is 56.4 cm³/mol. The third-order valence-electron chi connectivity index (χ3n) is 1.94. The monoisotopic (exact) mass is 181 g/mol. The molecule has 0 saturated carbocycles. The second-order valence-electron chi connectivity index (χ2n) is 3.27. The maximum Gasteiger partial charge on any atom is 0.0734 e. The van der Waals surface area contributed by atoms with Gasteiger partial charge in [0.05, 0.1) is 5.37 Å². The Morgan fingerprint density at radius 1 is 1.08 bits per heavy atom. The maximum absolute atomic E-state index is 5.60. The standard InChI is InChI=1S/C10H15NS/c1-7(2)8-3-5-9(6-4-8)10(11)12/h3-7,10,12H,11H2,1-2H3. The molecule has 0 amide bonds. The molecule has 1 atom stereocenters. The normalized spacial score (nSPS) is 13.4. The molecular formula is C10H15NS. The van der Waals surface area contributed by atoms with E-state index >= 15 is 0 Å². The molecule has 1 aromatic rings. The largest absolute Gasteiger partial charge is 0.316 e. The Kier molecular flexibility index (Phi) is 3.18. The summed E-state index contributed by atoms with van der Waals surface area (Å²) >= 11 is 4.15. The van der Waals surface area contributed by atoms with Crippen molar-refractivity contribution in [2.45, 2.75) is 25.1 Å². The molecule has 12 heavy (non-hydrogen) atoms. The van der Waals surface area contributed by atoms with Gasteiger partial charge in [0.25, 0.3) is 0 Å². The summed E-state index contributed by atoms with van der Waals surface area (Å²) < 4.78 is 0. The average molecular weight is 181 g/mol. The highest BCUT2D eigenvalue weighted by Gasteiger charge is 2.01. The smallest absolute Gasteiger partial charge is 0.0734 e. The molecule has 0 saturated heterocycles. The summed E-state index contributed by atoms with van der Waals surface area (Å²) in [5.74, 6) is 0.579. The highest BCUT2D eigenvalue weighted by molar-refractivity contribution is 7.80. The molecule has 1 unspecified atom stereocenters. The van der Waals surface area contributed by atoms with Crippen LogP contribution in [0.25, 0.3) is 0 Å². The first-order valence-corrected chi connectivity index (χ1v) is 4.66. The molecule has 0 heterocycles. The fourth-order valence-electron chi connectivity index (χ4n) is 1.08. The summed E-state index contributed by atoms with van der Waals surface area (Å²) in [5.41, 5.74) is 8.02. The minimum absolute atomic E-state index is 0.161. The van der Waals surface area contributed by atoms with Gasteiger partial charge in [-0.05, 0) is 17.0 Å². The molecule has 1 rings (SSSR count). The van der Waals surface area contributed by atoms with Crippen molar-refractivity contribution in [3.8, 4) is 0 Å². The molecule has 0 aliphatic heterocycles. The lowest BCUT2D eigenvalue weighted by atomic mass is 10.0. The van der Waals surface area contributed by atoms with Gasteiger partial charge < -0.3 is 5.73 Å². The van der Waals surface area contributed by atoms with Crippen molar-refractivity contribution in [2.24, 2.45) is 5.73 Å². The summed E-state index contributed by atoms with van der Waals surface area (Å²) in [6, 6.07) is 8.28. The minimum Gasteiger partial charge on any atom is -0.316 e. The van der Waals surface area contributed by atoms with E-state index in [1.807, 2.05) is 12.1 Å². The zero-order valence-corrected chi connectivity index (χ0v) is 8.38. The first kappa shape index (κ1) is 9.62. The molecule has 0 fully saturated rings. The quantitative estimate of drug-likeness (QED) is 0.532. The van der Waals surface area contributed by atoms with Gasteiger partial charge in [0.1, 0.15) is 0 Å². The van der Waals surface area contributed by atoms with E-state index < -0.39 is 0 Å². The molecule has 0 radical (unpaired) electrons. The lowest BCUT2D eigenvalue weighted by molar-refractivity contribution is 0.864. The molecule has 0 bridgehead atoms. The van der Waals surface area contributed by atoms with Gasteiger partial charge in [-0.25, -0.2) is 0 Å². The fourth-order valence-corrected chi connectivity index (χ4v) is 1.25. The number of rotatable bonds is 2. The van der Waals surface area contributed by atoms with E-state index in [0.717, 1.165) is 5.56 Å². The number of nitrogens with two attached hydrogens (primary N) is 1. The highest BCUT2D eigenvalue weighted by atomic mass is 32.1.